The highest BCUT2D eigenvalue weighted by atomic mass is 19.4. The number of nitrogens with zero attached hydrogens (tertiary/aromatic N) is 3. The van der Waals surface area contributed by atoms with Crippen molar-refractivity contribution in [3.63, 3.8) is 0 Å². The van der Waals surface area contributed by atoms with Crippen LogP contribution >= 0.6 is 0 Å². The van der Waals surface area contributed by atoms with Gasteiger partial charge in [-0.15, -0.1) is 13.2 Å². The molecule has 0 aliphatic heterocycles. The van der Waals surface area contributed by atoms with E-state index in [1.54, 1.807) is 24.3 Å². The SMILES string of the molecule is NN=Cc1ccc(C(N)=NC=Nc2ccc(OC(F)(F)F)cc2)cc1. The van der Waals surface area contributed by atoms with Crippen molar-refractivity contribution in [1.82, 2.24) is 0 Å². The summed E-state index contributed by atoms with van der Waals surface area (Å²) in [6, 6.07) is 12.1. The van der Waals surface area contributed by atoms with Crippen molar-refractivity contribution >= 4 is 24.1 Å². The largest absolute Gasteiger partial charge is 0.573 e. The Morgan fingerprint density at radius 3 is 2.20 bits per heavy atom. The fourth-order valence-electron chi connectivity index (χ4n) is 1.79. The van der Waals surface area contributed by atoms with Gasteiger partial charge < -0.3 is 16.3 Å². The molecule has 0 saturated carbocycles. The normalized spacial score (nSPS) is 12.8. The van der Waals surface area contributed by atoms with Crippen LogP contribution in [0, 0.1) is 0 Å². The molecule has 0 fully saturated rings. The summed E-state index contributed by atoms with van der Waals surface area (Å²) in [4.78, 5) is 7.97. The Morgan fingerprint density at radius 1 is 1.00 bits per heavy atom. The fraction of sp³-hybridized carbons (Fsp3) is 0.0625. The molecule has 0 aliphatic carbocycles. The van der Waals surface area contributed by atoms with Crippen LogP contribution in [-0.2, 0) is 0 Å². The van der Waals surface area contributed by atoms with Crippen LogP contribution in [0.4, 0.5) is 18.9 Å². The molecule has 0 radical (unpaired) electrons. The molecule has 0 spiro atoms. The molecule has 0 aliphatic rings. The van der Waals surface area contributed by atoms with E-state index >= 15 is 0 Å². The minimum Gasteiger partial charge on any atom is -0.406 e. The van der Waals surface area contributed by atoms with Crippen LogP contribution in [0.25, 0.3) is 0 Å². The van der Waals surface area contributed by atoms with E-state index < -0.39 is 6.36 Å². The summed E-state index contributed by atoms with van der Waals surface area (Å²) >= 11 is 0. The molecule has 0 atom stereocenters. The average Bonchev–Trinajstić information content (AvgIpc) is 2.56. The molecule has 2 rings (SSSR count). The molecule has 0 unspecified atom stereocenters. The number of nitrogens with two attached hydrogens (primary N) is 2. The number of benzene rings is 2. The van der Waals surface area contributed by atoms with E-state index in [0.717, 1.165) is 17.7 Å². The number of amidine groups is 1. The van der Waals surface area contributed by atoms with Crippen LogP contribution in [0.15, 0.2) is 63.6 Å². The van der Waals surface area contributed by atoms with E-state index in [4.69, 9.17) is 11.6 Å². The van der Waals surface area contributed by atoms with Crippen molar-refractivity contribution in [1.29, 1.82) is 0 Å². The van der Waals surface area contributed by atoms with Crippen LogP contribution in [0.1, 0.15) is 11.1 Å². The third-order valence-corrected chi connectivity index (χ3v) is 2.90. The number of rotatable bonds is 5. The first-order valence-electron chi connectivity index (χ1n) is 6.93. The highest BCUT2D eigenvalue weighted by molar-refractivity contribution is 6.01. The maximum absolute atomic E-state index is 12.1. The van der Waals surface area contributed by atoms with Crippen LogP contribution < -0.4 is 16.3 Å². The fourth-order valence-corrected chi connectivity index (χ4v) is 1.79. The highest BCUT2D eigenvalue weighted by Crippen LogP contribution is 2.24. The topological polar surface area (TPSA) is 98.3 Å². The molecular formula is C16H14F3N5O. The molecule has 9 heteroatoms. The smallest absolute Gasteiger partial charge is 0.406 e. The summed E-state index contributed by atoms with van der Waals surface area (Å²) in [5.41, 5.74) is 7.72. The molecule has 6 nitrogen and oxygen atoms in total. The molecule has 2 aromatic carbocycles. The summed E-state index contributed by atoms with van der Waals surface area (Å²) in [5.74, 6) is 4.97. The van der Waals surface area contributed by atoms with Crippen molar-refractivity contribution in [2.45, 2.75) is 6.36 Å². The Bertz CT molecular complexity index is 781. The van der Waals surface area contributed by atoms with Gasteiger partial charge in [0.1, 0.15) is 17.9 Å². The standard InChI is InChI=1S/C16H14F3N5O/c17-16(18,19)25-14-7-5-13(6-8-14)22-10-23-15(20)12-3-1-11(2-4-12)9-24-21/h1-10H,21H2,(H2,20,22,23). The second-order valence-electron chi connectivity index (χ2n) is 4.70. The van der Waals surface area contributed by atoms with Gasteiger partial charge >= 0.3 is 6.36 Å². The predicted octanol–water partition coefficient (Wildman–Crippen LogP) is 2.94. The number of ether oxygens (including phenoxy) is 1. The molecule has 0 aromatic heterocycles. The minimum absolute atomic E-state index is 0.233. The monoisotopic (exact) mass is 349 g/mol. The van der Waals surface area contributed by atoms with Gasteiger partial charge in [-0.2, -0.15) is 5.10 Å². The second-order valence-corrected chi connectivity index (χ2v) is 4.70. The lowest BCUT2D eigenvalue weighted by atomic mass is 10.1. The summed E-state index contributed by atoms with van der Waals surface area (Å²) in [7, 11) is 0. The number of alkyl halides is 3. The zero-order valence-corrected chi connectivity index (χ0v) is 12.8. The van der Waals surface area contributed by atoms with Crippen molar-refractivity contribution in [3.05, 3.63) is 59.7 Å². The minimum atomic E-state index is -4.73. The lowest BCUT2D eigenvalue weighted by Gasteiger charge is -2.08. The van der Waals surface area contributed by atoms with Gasteiger partial charge in [0.15, 0.2) is 0 Å². The van der Waals surface area contributed by atoms with Gasteiger partial charge in [-0.05, 0) is 29.8 Å². The summed E-state index contributed by atoms with van der Waals surface area (Å²) < 4.78 is 40.0. The molecule has 2 aromatic rings. The first kappa shape index (κ1) is 18.0. The molecular weight excluding hydrogens is 335 g/mol. The van der Waals surface area contributed by atoms with E-state index in [1.165, 1.54) is 24.7 Å². The lowest BCUT2D eigenvalue weighted by molar-refractivity contribution is -0.274. The number of halogens is 3. The van der Waals surface area contributed by atoms with Gasteiger partial charge in [-0.3, -0.25) is 0 Å². The van der Waals surface area contributed by atoms with Gasteiger partial charge in [-0.25, -0.2) is 9.98 Å². The van der Waals surface area contributed by atoms with E-state index in [1.807, 2.05) is 0 Å². The van der Waals surface area contributed by atoms with Gasteiger partial charge in [0.25, 0.3) is 0 Å². The zero-order chi connectivity index (χ0) is 18.3. The van der Waals surface area contributed by atoms with Crippen LogP contribution in [0.5, 0.6) is 5.75 Å². The average molecular weight is 349 g/mol. The van der Waals surface area contributed by atoms with Gasteiger partial charge in [0.2, 0.25) is 0 Å². The van der Waals surface area contributed by atoms with Crippen molar-refractivity contribution in [3.8, 4) is 5.75 Å². The van der Waals surface area contributed by atoms with E-state index in [-0.39, 0.29) is 11.6 Å². The quantitative estimate of drug-likeness (QED) is 0.376. The molecule has 4 N–H and O–H groups in total. The number of hydrogen-bond acceptors (Lipinski definition) is 4. The Labute approximate surface area is 141 Å². The van der Waals surface area contributed by atoms with Gasteiger partial charge in [0, 0.05) is 5.56 Å². The van der Waals surface area contributed by atoms with Crippen LogP contribution in [-0.4, -0.2) is 24.8 Å². The molecule has 0 bridgehead atoms. The third kappa shape index (κ3) is 5.98. The number of hydrogen-bond donors (Lipinski definition) is 2. The number of aliphatic imine (C=N–C) groups is 2. The maximum atomic E-state index is 12.1. The zero-order valence-electron chi connectivity index (χ0n) is 12.8. The Morgan fingerprint density at radius 2 is 1.64 bits per heavy atom. The van der Waals surface area contributed by atoms with E-state index in [0.29, 0.717) is 11.3 Å². The maximum Gasteiger partial charge on any atom is 0.573 e. The summed E-state index contributed by atoms with van der Waals surface area (Å²) in [6.45, 7) is 0. The first-order valence-corrected chi connectivity index (χ1v) is 6.93. The Balaban J connectivity index is 2.02. The Kier molecular flexibility index (Phi) is 5.72. The van der Waals surface area contributed by atoms with E-state index in [2.05, 4.69) is 19.8 Å². The first-order chi connectivity index (χ1) is 11.9. The van der Waals surface area contributed by atoms with Gasteiger partial charge in [-0.1, -0.05) is 24.3 Å². The summed E-state index contributed by atoms with van der Waals surface area (Å²) in [5, 5.41) is 3.41. The number of hydrazone groups is 1. The molecule has 0 amide bonds. The molecule has 25 heavy (non-hydrogen) atoms. The van der Waals surface area contributed by atoms with Crippen LogP contribution in [0.3, 0.4) is 0 Å². The second kappa shape index (κ2) is 7.95. The third-order valence-electron chi connectivity index (χ3n) is 2.90. The Hall–Kier alpha value is -3.36. The van der Waals surface area contributed by atoms with Crippen molar-refractivity contribution in [2.75, 3.05) is 0 Å². The summed E-state index contributed by atoms with van der Waals surface area (Å²) in [6.07, 6.45) is -2.02. The predicted molar refractivity (Wildman–Crippen MR) is 90.2 cm³/mol. The highest BCUT2D eigenvalue weighted by Gasteiger charge is 2.30. The van der Waals surface area contributed by atoms with Crippen molar-refractivity contribution < 1.29 is 17.9 Å². The molecule has 0 heterocycles. The molecule has 130 valence electrons. The van der Waals surface area contributed by atoms with Crippen LogP contribution in [0.2, 0.25) is 0 Å². The molecule has 0 saturated heterocycles. The van der Waals surface area contributed by atoms with E-state index in [9.17, 15) is 13.2 Å². The van der Waals surface area contributed by atoms with Gasteiger partial charge in [0.05, 0.1) is 11.9 Å². The lowest BCUT2D eigenvalue weighted by Crippen LogP contribution is -2.16. The van der Waals surface area contributed by atoms with Crippen molar-refractivity contribution in [2.24, 2.45) is 26.7 Å².